The molecule has 0 fully saturated rings. The molecule has 0 saturated heterocycles. The molecular weight excluding hydrogens is 396 g/mol. The van der Waals surface area contributed by atoms with Crippen molar-refractivity contribution < 1.29 is 24.2 Å². The molecule has 0 bridgehead atoms. The Balaban J connectivity index is 1.94. The van der Waals surface area contributed by atoms with Crippen LogP contribution in [0.25, 0.3) is 0 Å². The summed E-state index contributed by atoms with van der Waals surface area (Å²) in [6, 6.07) is 12.3. The first-order valence-electron chi connectivity index (χ1n) is 9.02. The van der Waals surface area contributed by atoms with E-state index in [1.54, 1.807) is 38.5 Å². The minimum atomic E-state index is -1.03. The van der Waals surface area contributed by atoms with Crippen molar-refractivity contribution in [2.45, 2.75) is 25.3 Å². The molecule has 8 heteroatoms. The van der Waals surface area contributed by atoms with E-state index in [9.17, 15) is 9.59 Å². The maximum Gasteiger partial charge on any atom is 0.303 e. The number of methoxy groups -OCH3 is 2. The van der Waals surface area contributed by atoms with Gasteiger partial charge in [0.25, 0.3) is 0 Å². The second-order valence-electron chi connectivity index (χ2n) is 6.52. The fraction of sp³-hybridized carbons (Fsp3) is 0.286. The first kappa shape index (κ1) is 20.7. The number of carboxylic acids is 1. The lowest BCUT2D eigenvalue weighted by Gasteiger charge is -2.22. The van der Waals surface area contributed by atoms with E-state index < -0.39 is 5.97 Å². The van der Waals surface area contributed by atoms with Crippen molar-refractivity contribution in [1.29, 1.82) is 0 Å². The van der Waals surface area contributed by atoms with Gasteiger partial charge in [0.05, 0.1) is 32.4 Å². The van der Waals surface area contributed by atoms with Crippen LogP contribution in [-0.2, 0) is 9.59 Å². The summed E-state index contributed by atoms with van der Waals surface area (Å²) in [5.41, 5.74) is 2.40. The van der Waals surface area contributed by atoms with E-state index in [1.165, 1.54) is 5.01 Å². The topological polar surface area (TPSA) is 88.4 Å². The third-order valence-corrected chi connectivity index (χ3v) is 4.94. The summed E-state index contributed by atoms with van der Waals surface area (Å²) < 4.78 is 10.7. The van der Waals surface area contributed by atoms with Crippen molar-refractivity contribution in [2.75, 3.05) is 14.2 Å². The number of benzene rings is 2. The Bertz CT molecular complexity index is 943. The number of hydrogen-bond donors (Lipinski definition) is 1. The summed E-state index contributed by atoms with van der Waals surface area (Å²) in [6.45, 7) is 0. The number of aliphatic carboxylic acids is 1. The molecule has 1 N–H and O–H groups in total. The summed E-state index contributed by atoms with van der Waals surface area (Å²) in [5.74, 6) is -0.252. The number of hydrazone groups is 1. The van der Waals surface area contributed by atoms with Gasteiger partial charge in [-0.25, -0.2) is 5.01 Å². The molecule has 1 atom stereocenters. The minimum absolute atomic E-state index is 0.128. The van der Waals surface area contributed by atoms with Crippen LogP contribution in [0.1, 0.15) is 36.4 Å². The Morgan fingerprint density at radius 2 is 1.79 bits per heavy atom. The molecule has 1 amide bonds. The highest BCUT2D eigenvalue weighted by molar-refractivity contribution is 6.30. The van der Waals surface area contributed by atoms with Gasteiger partial charge in [-0.05, 0) is 35.4 Å². The average molecular weight is 417 g/mol. The van der Waals surface area contributed by atoms with Crippen LogP contribution in [0.3, 0.4) is 0 Å². The summed E-state index contributed by atoms with van der Waals surface area (Å²) in [4.78, 5) is 23.6. The monoisotopic (exact) mass is 416 g/mol. The fourth-order valence-corrected chi connectivity index (χ4v) is 3.33. The van der Waals surface area contributed by atoms with Gasteiger partial charge >= 0.3 is 5.97 Å². The highest BCUT2D eigenvalue weighted by Crippen LogP contribution is 2.37. The summed E-state index contributed by atoms with van der Waals surface area (Å²) in [7, 11) is 3.10. The highest BCUT2D eigenvalue weighted by atomic mass is 35.5. The van der Waals surface area contributed by atoms with Crippen LogP contribution in [-0.4, -0.2) is 41.9 Å². The summed E-state index contributed by atoms with van der Waals surface area (Å²) in [6.07, 6.45) is 0.103. The maximum atomic E-state index is 12.7. The van der Waals surface area contributed by atoms with E-state index in [0.29, 0.717) is 22.9 Å². The molecule has 2 aromatic carbocycles. The zero-order valence-electron chi connectivity index (χ0n) is 16.1. The van der Waals surface area contributed by atoms with E-state index >= 15 is 0 Å². The fourth-order valence-electron chi connectivity index (χ4n) is 3.21. The number of amides is 1. The lowest BCUT2D eigenvalue weighted by atomic mass is 9.98. The molecule has 0 radical (unpaired) electrons. The van der Waals surface area contributed by atoms with E-state index in [-0.39, 0.29) is 24.8 Å². The number of halogens is 1. The Hall–Kier alpha value is -3.06. The zero-order valence-corrected chi connectivity index (χ0v) is 16.8. The van der Waals surface area contributed by atoms with Crippen LogP contribution in [0.15, 0.2) is 47.6 Å². The maximum absolute atomic E-state index is 12.7. The van der Waals surface area contributed by atoms with E-state index in [1.807, 2.05) is 18.2 Å². The number of carbonyl (C=O) groups is 2. The Kier molecular flexibility index (Phi) is 6.39. The molecule has 1 heterocycles. The molecule has 152 valence electrons. The molecule has 0 aromatic heterocycles. The zero-order chi connectivity index (χ0) is 21.0. The molecule has 3 rings (SSSR count). The van der Waals surface area contributed by atoms with Crippen LogP contribution < -0.4 is 9.47 Å². The van der Waals surface area contributed by atoms with Crippen molar-refractivity contribution in [1.82, 2.24) is 5.01 Å². The number of nitrogens with zero attached hydrogens (tertiary/aromatic N) is 2. The summed E-state index contributed by atoms with van der Waals surface area (Å²) >= 11 is 5.97. The van der Waals surface area contributed by atoms with Gasteiger partial charge in [-0.2, -0.15) is 5.10 Å². The normalized spacial score (nSPS) is 15.8. The van der Waals surface area contributed by atoms with Gasteiger partial charge < -0.3 is 14.6 Å². The Morgan fingerprint density at radius 3 is 2.41 bits per heavy atom. The summed E-state index contributed by atoms with van der Waals surface area (Å²) in [5, 5.41) is 15.4. The van der Waals surface area contributed by atoms with Crippen LogP contribution in [0.2, 0.25) is 5.02 Å². The molecule has 1 aliphatic heterocycles. The molecule has 0 unspecified atom stereocenters. The number of carboxylic acid groups (broad SMARTS) is 1. The molecule has 29 heavy (non-hydrogen) atoms. The molecule has 0 saturated carbocycles. The Labute approximate surface area is 173 Å². The third kappa shape index (κ3) is 4.68. The SMILES string of the molecule is COc1ccc([C@@H]2CC(c3ccc(Cl)cc3)=NN2C(=O)CCC(=O)O)cc1OC. The lowest BCUT2D eigenvalue weighted by Crippen LogP contribution is -2.27. The van der Waals surface area contributed by atoms with Gasteiger partial charge in [-0.1, -0.05) is 29.8 Å². The Morgan fingerprint density at radius 1 is 1.10 bits per heavy atom. The predicted octanol–water partition coefficient (Wildman–Crippen LogP) is 3.90. The first-order valence-corrected chi connectivity index (χ1v) is 9.40. The second-order valence-corrected chi connectivity index (χ2v) is 6.96. The molecule has 0 spiro atoms. The lowest BCUT2D eigenvalue weighted by molar-refractivity contribution is -0.141. The van der Waals surface area contributed by atoms with Crippen LogP contribution >= 0.6 is 11.6 Å². The number of rotatable bonds is 7. The van der Waals surface area contributed by atoms with Crippen LogP contribution in [0.4, 0.5) is 0 Å². The highest BCUT2D eigenvalue weighted by Gasteiger charge is 2.33. The first-order chi connectivity index (χ1) is 13.9. The van der Waals surface area contributed by atoms with E-state index in [2.05, 4.69) is 5.10 Å². The minimum Gasteiger partial charge on any atom is -0.493 e. The molecule has 0 aliphatic carbocycles. The van der Waals surface area contributed by atoms with Gasteiger partial charge in [0, 0.05) is 17.9 Å². The third-order valence-electron chi connectivity index (χ3n) is 4.69. The van der Waals surface area contributed by atoms with Gasteiger partial charge in [0.2, 0.25) is 5.91 Å². The number of hydrogen-bond acceptors (Lipinski definition) is 5. The van der Waals surface area contributed by atoms with Crippen molar-refractivity contribution in [3.63, 3.8) is 0 Å². The van der Waals surface area contributed by atoms with Crippen molar-refractivity contribution in [3.8, 4) is 11.5 Å². The molecule has 7 nitrogen and oxygen atoms in total. The number of carbonyl (C=O) groups excluding carboxylic acids is 1. The van der Waals surface area contributed by atoms with Gasteiger partial charge in [0.15, 0.2) is 11.5 Å². The van der Waals surface area contributed by atoms with Crippen molar-refractivity contribution in [3.05, 3.63) is 58.6 Å². The number of ether oxygens (including phenoxy) is 2. The largest absolute Gasteiger partial charge is 0.493 e. The molecule has 1 aliphatic rings. The van der Waals surface area contributed by atoms with Crippen molar-refractivity contribution in [2.24, 2.45) is 5.10 Å². The quantitative estimate of drug-likeness (QED) is 0.739. The van der Waals surface area contributed by atoms with Crippen LogP contribution in [0.5, 0.6) is 11.5 Å². The van der Waals surface area contributed by atoms with E-state index in [0.717, 1.165) is 16.8 Å². The average Bonchev–Trinajstić information content (AvgIpc) is 3.17. The standard InChI is InChI=1S/C21H21ClN2O5/c1-28-18-8-5-14(11-19(18)29-2)17-12-16(13-3-6-15(22)7-4-13)23-24(17)20(25)9-10-21(26)27/h3-8,11,17H,9-10,12H2,1-2H3,(H,26,27)/t17-/m0/s1. The predicted molar refractivity (Wildman–Crippen MR) is 109 cm³/mol. The molecule has 2 aromatic rings. The van der Waals surface area contributed by atoms with Gasteiger partial charge in [0.1, 0.15) is 0 Å². The van der Waals surface area contributed by atoms with Crippen LogP contribution in [0, 0.1) is 0 Å². The van der Waals surface area contributed by atoms with Gasteiger partial charge in [-0.15, -0.1) is 0 Å². The smallest absolute Gasteiger partial charge is 0.303 e. The van der Waals surface area contributed by atoms with E-state index in [4.69, 9.17) is 26.2 Å². The molecular formula is C21H21ClN2O5. The second kappa shape index (κ2) is 8.96. The van der Waals surface area contributed by atoms with Gasteiger partial charge in [-0.3, -0.25) is 9.59 Å². The van der Waals surface area contributed by atoms with Crippen molar-refractivity contribution >= 4 is 29.2 Å².